The molecule has 0 aliphatic heterocycles. The van der Waals surface area contributed by atoms with Crippen molar-refractivity contribution in [3.05, 3.63) is 53.3 Å². The molecule has 32 heavy (non-hydrogen) atoms. The Balaban J connectivity index is 1.69. The van der Waals surface area contributed by atoms with Crippen molar-refractivity contribution in [1.82, 2.24) is 19.3 Å². The average molecular weight is 450 g/mol. The Morgan fingerprint density at radius 1 is 1.12 bits per heavy atom. The number of nitrogens with zero attached hydrogens (tertiary/aromatic N) is 4. The van der Waals surface area contributed by atoms with Crippen molar-refractivity contribution in [2.45, 2.75) is 58.2 Å². The predicted octanol–water partition coefficient (Wildman–Crippen LogP) is 6.66. The number of aromatic nitrogens is 4. The minimum absolute atomic E-state index is 0.346. The number of hydrogen-bond acceptors (Lipinski definition) is 3. The summed E-state index contributed by atoms with van der Waals surface area (Å²) in [7, 11) is 5.60. The molecular formula is C25H28FN4OP. The Kier molecular flexibility index (Phi) is 5.29. The van der Waals surface area contributed by atoms with Crippen LogP contribution < -0.4 is 0 Å². The van der Waals surface area contributed by atoms with Crippen molar-refractivity contribution in [3.8, 4) is 22.3 Å². The zero-order valence-electron chi connectivity index (χ0n) is 18.8. The minimum Gasteiger partial charge on any atom is -0.361 e. The molecule has 0 radical (unpaired) electrons. The summed E-state index contributed by atoms with van der Waals surface area (Å²) in [6, 6.07) is 6.19. The molecule has 0 saturated heterocycles. The van der Waals surface area contributed by atoms with Crippen LogP contribution in [0.15, 0.2) is 41.3 Å². The molecule has 166 valence electrons. The van der Waals surface area contributed by atoms with E-state index in [0.717, 1.165) is 69.1 Å². The van der Waals surface area contributed by atoms with E-state index in [4.69, 9.17) is 9.51 Å². The molecule has 0 bridgehead atoms. The fourth-order valence-corrected chi connectivity index (χ4v) is 5.10. The minimum atomic E-state index is -1.18. The topological polar surface area (TPSA) is 48.8 Å². The molecule has 0 unspecified atom stereocenters. The van der Waals surface area contributed by atoms with Gasteiger partial charge in [-0.05, 0) is 38.8 Å². The molecule has 0 aromatic carbocycles. The van der Waals surface area contributed by atoms with Gasteiger partial charge in [0.05, 0.1) is 28.3 Å². The van der Waals surface area contributed by atoms with Gasteiger partial charge in [-0.3, -0.25) is 4.98 Å². The molecule has 7 heteroatoms. The smallest absolute Gasteiger partial charge is 0.141 e. The Hall–Kier alpha value is -2.72. The molecule has 1 saturated carbocycles. The largest absolute Gasteiger partial charge is 0.361 e. The van der Waals surface area contributed by atoms with Gasteiger partial charge in [0.25, 0.3) is 0 Å². The zero-order chi connectivity index (χ0) is 22.5. The summed E-state index contributed by atoms with van der Waals surface area (Å²) >= 11 is 0. The van der Waals surface area contributed by atoms with E-state index in [1.54, 1.807) is 0 Å². The maximum absolute atomic E-state index is 15.7. The number of alkyl halides is 1. The Morgan fingerprint density at radius 2 is 1.91 bits per heavy atom. The van der Waals surface area contributed by atoms with E-state index in [1.165, 1.54) is 0 Å². The van der Waals surface area contributed by atoms with Gasteiger partial charge in [-0.15, -0.1) is 0 Å². The van der Waals surface area contributed by atoms with Gasteiger partial charge >= 0.3 is 0 Å². The summed E-state index contributed by atoms with van der Waals surface area (Å²) in [5.41, 5.74) is 5.42. The summed E-state index contributed by atoms with van der Waals surface area (Å²) < 4.78 is 25.2. The first-order chi connectivity index (χ1) is 15.3. The number of fused-ring (bicyclic) bond motifs is 1. The molecular weight excluding hydrogens is 422 g/mol. The van der Waals surface area contributed by atoms with Crippen molar-refractivity contribution >= 4 is 19.9 Å². The first-order valence-corrected chi connectivity index (χ1v) is 11.7. The number of pyridine rings is 2. The first kappa shape index (κ1) is 21.1. The standard InChI is InChI=1S/C25H28FN4OP/c1-16-23(17(2)31-28-16)19-11-21-24(27-12-19)20(18-7-8-22(32)29(3)13-18)14-30(21)15-25(26)9-5-4-6-10-25/h7-8,11-14,32H,4-6,9-10,15H2,1-3H3. The molecule has 4 aromatic heterocycles. The Labute approximate surface area is 189 Å². The van der Waals surface area contributed by atoms with E-state index in [0.29, 0.717) is 19.4 Å². The maximum Gasteiger partial charge on any atom is 0.141 e. The van der Waals surface area contributed by atoms with Gasteiger partial charge in [-0.25, -0.2) is 4.39 Å². The van der Waals surface area contributed by atoms with Gasteiger partial charge in [-0.2, -0.15) is 0 Å². The fraction of sp³-hybridized carbons (Fsp3) is 0.400. The second-order valence-electron chi connectivity index (χ2n) is 9.09. The van der Waals surface area contributed by atoms with Crippen molar-refractivity contribution in [3.63, 3.8) is 0 Å². The molecule has 4 aromatic rings. The van der Waals surface area contributed by atoms with Crippen LogP contribution in [0, 0.1) is 18.9 Å². The van der Waals surface area contributed by atoms with Gasteiger partial charge in [0.15, 0.2) is 0 Å². The quantitative estimate of drug-likeness (QED) is 0.327. The van der Waals surface area contributed by atoms with Crippen molar-refractivity contribution < 1.29 is 8.91 Å². The lowest BCUT2D eigenvalue weighted by molar-refractivity contribution is 0.0873. The van der Waals surface area contributed by atoms with E-state index in [1.807, 2.05) is 37.7 Å². The van der Waals surface area contributed by atoms with Crippen LogP contribution in [0.4, 0.5) is 4.39 Å². The summed E-state index contributed by atoms with van der Waals surface area (Å²) in [5, 5.41) is 5.08. The van der Waals surface area contributed by atoms with Gasteiger partial charge in [0.2, 0.25) is 0 Å². The third kappa shape index (κ3) is 3.71. The monoisotopic (exact) mass is 450 g/mol. The predicted molar refractivity (Wildman–Crippen MR) is 128 cm³/mol. The zero-order valence-corrected chi connectivity index (χ0v) is 19.8. The third-order valence-electron chi connectivity index (χ3n) is 6.69. The summed E-state index contributed by atoms with van der Waals surface area (Å²) in [5.74, 6) is 0.760. The van der Waals surface area contributed by atoms with Crippen LogP contribution in [0.2, 0.25) is 0 Å². The number of halogens is 1. The van der Waals surface area contributed by atoms with E-state index in [2.05, 4.69) is 43.1 Å². The summed E-state index contributed by atoms with van der Waals surface area (Å²) in [6.07, 6.45) is 10.3. The second-order valence-corrected chi connectivity index (χ2v) is 9.60. The third-order valence-corrected chi connectivity index (χ3v) is 7.21. The highest BCUT2D eigenvalue weighted by Gasteiger charge is 2.33. The molecule has 1 fully saturated rings. The molecule has 0 atom stereocenters. The van der Waals surface area contributed by atoms with Gasteiger partial charge in [-0.1, -0.05) is 39.3 Å². The van der Waals surface area contributed by atoms with Crippen LogP contribution in [0.1, 0.15) is 43.6 Å². The number of aryl methyl sites for hydroxylation is 3. The molecule has 0 spiro atoms. The molecule has 1 aliphatic carbocycles. The SMILES string of the molecule is Cc1noc(C)c1-c1cnc2c(-c3ccc(=P)n(C)c3)cn(CC3(F)CCCCC3)c2c1. The Morgan fingerprint density at radius 3 is 2.59 bits per heavy atom. The van der Waals surface area contributed by atoms with Crippen molar-refractivity contribution in [2.24, 2.45) is 7.05 Å². The fourth-order valence-electron chi connectivity index (χ4n) is 4.96. The van der Waals surface area contributed by atoms with Gasteiger partial charge < -0.3 is 13.7 Å². The highest BCUT2D eigenvalue weighted by Crippen LogP contribution is 2.38. The van der Waals surface area contributed by atoms with Crippen LogP contribution in [0.3, 0.4) is 0 Å². The van der Waals surface area contributed by atoms with Crippen LogP contribution >= 0.6 is 8.86 Å². The molecule has 0 amide bonds. The van der Waals surface area contributed by atoms with Crippen molar-refractivity contribution in [1.29, 1.82) is 0 Å². The molecule has 4 heterocycles. The lowest BCUT2D eigenvalue weighted by atomic mass is 9.86. The highest BCUT2D eigenvalue weighted by atomic mass is 31.0. The lowest BCUT2D eigenvalue weighted by Gasteiger charge is -2.30. The normalized spacial score (nSPS) is 16.0. The molecule has 5 rings (SSSR count). The lowest BCUT2D eigenvalue weighted by Crippen LogP contribution is -2.31. The van der Waals surface area contributed by atoms with E-state index in [9.17, 15) is 0 Å². The average Bonchev–Trinajstić information content (AvgIpc) is 3.29. The van der Waals surface area contributed by atoms with E-state index < -0.39 is 5.67 Å². The molecule has 5 nitrogen and oxygen atoms in total. The molecule has 0 N–H and O–H groups in total. The van der Waals surface area contributed by atoms with Crippen LogP contribution in [0.25, 0.3) is 33.3 Å². The number of rotatable bonds is 4. The van der Waals surface area contributed by atoms with Crippen LogP contribution in [-0.2, 0) is 13.6 Å². The van der Waals surface area contributed by atoms with E-state index >= 15 is 4.39 Å². The van der Waals surface area contributed by atoms with E-state index in [-0.39, 0.29) is 0 Å². The van der Waals surface area contributed by atoms with Crippen LogP contribution in [-0.4, -0.2) is 24.9 Å². The van der Waals surface area contributed by atoms with Gasteiger partial charge in [0, 0.05) is 47.9 Å². The Bertz CT molecular complexity index is 1340. The molecule has 1 aliphatic rings. The van der Waals surface area contributed by atoms with Crippen LogP contribution in [0.5, 0.6) is 0 Å². The second kappa shape index (κ2) is 8.00. The summed E-state index contributed by atoms with van der Waals surface area (Å²) in [6.45, 7) is 4.18. The first-order valence-electron chi connectivity index (χ1n) is 11.2. The number of hydrogen-bond donors (Lipinski definition) is 0. The highest BCUT2D eigenvalue weighted by molar-refractivity contribution is 7.06. The maximum atomic E-state index is 15.7. The summed E-state index contributed by atoms with van der Waals surface area (Å²) in [4.78, 5) is 4.85. The van der Waals surface area contributed by atoms with Crippen molar-refractivity contribution in [2.75, 3.05) is 0 Å². The van der Waals surface area contributed by atoms with Gasteiger partial charge in [0.1, 0.15) is 11.4 Å².